The van der Waals surface area contributed by atoms with Gasteiger partial charge >= 0.3 is 12.1 Å². The number of nitrogens with one attached hydrogen (secondary N) is 1. The van der Waals surface area contributed by atoms with E-state index in [1.165, 1.54) is 7.11 Å². The number of aliphatic imine (C=N–C) groups is 1. The molecule has 1 aliphatic carbocycles. The average Bonchev–Trinajstić information content (AvgIpc) is 3.47. The van der Waals surface area contributed by atoms with Crippen LogP contribution in [0.25, 0.3) is 0 Å². The summed E-state index contributed by atoms with van der Waals surface area (Å²) < 4.78 is 10.4. The van der Waals surface area contributed by atoms with Crippen molar-refractivity contribution in [1.82, 2.24) is 15.1 Å². The van der Waals surface area contributed by atoms with Crippen LogP contribution >= 0.6 is 0 Å². The molecular formula is C20H36N4O4. The largest absolute Gasteiger partial charge is 0.469 e. The third-order valence-electron chi connectivity index (χ3n) is 4.88. The molecule has 8 nitrogen and oxygen atoms in total. The van der Waals surface area contributed by atoms with Crippen LogP contribution in [0.2, 0.25) is 0 Å². The topological polar surface area (TPSA) is 83.5 Å². The second-order valence-corrected chi connectivity index (χ2v) is 8.43. The van der Waals surface area contributed by atoms with Gasteiger partial charge in [0.05, 0.1) is 19.6 Å². The van der Waals surface area contributed by atoms with Gasteiger partial charge in [0.25, 0.3) is 0 Å². The van der Waals surface area contributed by atoms with Gasteiger partial charge in [0.2, 0.25) is 0 Å². The Kier molecular flexibility index (Phi) is 7.95. The number of likely N-dealkylation sites (tertiary alicyclic amines) is 1. The van der Waals surface area contributed by atoms with Crippen molar-refractivity contribution in [3.05, 3.63) is 0 Å². The number of carbonyl (C=O) groups excluding carboxylic acids is 2. The molecule has 1 saturated carbocycles. The first-order chi connectivity index (χ1) is 13.2. The summed E-state index contributed by atoms with van der Waals surface area (Å²) in [6.45, 7) is 11.1. The predicted molar refractivity (Wildman–Crippen MR) is 108 cm³/mol. The molecule has 1 saturated heterocycles. The van der Waals surface area contributed by atoms with E-state index >= 15 is 0 Å². The van der Waals surface area contributed by atoms with Gasteiger partial charge < -0.3 is 24.6 Å². The maximum Gasteiger partial charge on any atom is 0.410 e. The Balaban J connectivity index is 1.91. The van der Waals surface area contributed by atoms with E-state index in [1.54, 1.807) is 0 Å². The summed E-state index contributed by atoms with van der Waals surface area (Å²) in [5.74, 6) is 0.687. The molecule has 2 aliphatic rings. The molecule has 1 heterocycles. The lowest BCUT2D eigenvalue weighted by atomic mass is 9.97. The third-order valence-corrected chi connectivity index (χ3v) is 4.88. The number of amides is 1. The summed E-state index contributed by atoms with van der Waals surface area (Å²) in [5, 5.41) is 3.32. The van der Waals surface area contributed by atoms with Crippen LogP contribution in [-0.2, 0) is 14.3 Å². The normalized spacial score (nSPS) is 18.6. The Morgan fingerprint density at radius 3 is 2.32 bits per heavy atom. The number of hydrogen-bond acceptors (Lipinski definition) is 5. The molecule has 0 aromatic heterocycles. The van der Waals surface area contributed by atoms with Crippen LogP contribution in [-0.4, -0.2) is 79.3 Å². The number of esters is 1. The van der Waals surface area contributed by atoms with Crippen LogP contribution in [0.15, 0.2) is 4.99 Å². The lowest BCUT2D eigenvalue weighted by Crippen LogP contribution is -2.47. The van der Waals surface area contributed by atoms with E-state index < -0.39 is 5.60 Å². The molecule has 2 fully saturated rings. The van der Waals surface area contributed by atoms with Gasteiger partial charge in [-0.25, -0.2) is 4.79 Å². The Hall–Kier alpha value is -1.99. The number of rotatable bonds is 6. The van der Waals surface area contributed by atoms with Gasteiger partial charge in [0.1, 0.15) is 5.60 Å². The van der Waals surface area contributed by atoms with Gasteiger partial charge in [-0.15, -0.1) is 0 Å². The number of guanidine groups is 1. The number of methoxy groups -OCH3 is 1. The summed E-state index contributed by atoms with van der Waals surface area (Å²) in [5.41, 5.74) is -0.494. The lowest BCUT2D eigenvalue weighted by Gasteiger charge is -2.33. The molecule has 160 valence electrons. The predicted octanol–water partition coefficient (Wildman–Crippen LogP) is 2.24. The molecule has 1 amide bonds. The van der Waals surface area contributed by atoms with Crippen molar-refractivity contribution in [2.24, 2.45) is 10.9 Å². The van der Waals surface area contributed by atoms with E-state index in [1.807, 2.05) is 32.6 Å². The summed E-state index contributed by atoms with van der Waals surface area (Å²) in [7, 11) is 1.44. The highest BCUT2D eigenvalue weighted by molar-refractivity contribution is 5.80. The molecule has 0 unspecified atom stereocenters. The zero-order valence-electron chi connectivity index (χ0n) is 18.0. The van der Waals surface area contributed by atoms with Crippen molar-refractivity contribution in [2.45, 2.75) is 65.0 Å². The highest BCUT2D eigenvalue weighted by Gasteiger charge is 2.35. The maximum absolute atomic E-state index is 12.5. The fraction of sp³-hybridized carbons (Fsp3) is 0.850. The fourth-order valence-electron chi connectivity index (χ4n) is 3.31. The second-order valence-electron chi connectivity index (χ2n) is 8.43. The van der Waals surface area contributed by atoms with E-state index in [-0.39, 0.29) is 24.0 Å². The van der Waals surface area contributed by atoms with Gasteiger partial charge in [-0.1, -0.05) is 0 Å². The van der Waals surface area contributed by atoms with E-state index in [2.05, 4.69) is 10.2 Å². The zero-order valence-corrected chi connectivity index (χ0v) is 18.0. The van der Waals surface area contributed by atoms with Crippen LogP contribution in [0.5, 0.6) is 0 Å². The number of piperidine rings is 1. The molecule has 28 heavy (non-hydrogen) atoms. The number of nitrogens with zero attached hydrogens (tertiary/aromatic N) is 3. The number of hydrogen-bond donors (Lipinski definition) is 1. The molecule has 0 spiro atoms. The van der Waals surface area contributed by atoms with Crippen molar-refractivity contribution in [2.75, 3.05) is 39.8 Å². The van der Waals surface area contributed by atoms with Crippen molar-refractivity contribution in [3.8, 4) is 0 Å². The van der Waals surface area contributed by atoms with Crippen LogP contribution in [0.3, 0.4) is 0 Å². The number of carbonyl (C=O) groups is 2. The average molecular weight is 397 g/mol. The van der Waals surface area contributed by atoms with Crippen molar-refractivity contribution >= 4 is 18.0 Å². The van der Waals surface area contributed by atoms with E-state index in [0.29, 0.717) is 13.1 Å². The monoisotopic (exact) mass is 396 g/mol. The van der Waals surface area contributed by atoms with Gasteiger partial charge in [0.15, 0.2) is 5.96 Å². The van der Waals surface area contributed by atoms with Crippen LogP contribution in [0.4, 0.5) is 4.79 Å². The molecule has 0 bridgehead atoms. The van der Waals surface area contributed by atoms with Gasteiger partial charge in [0, 0.05) is 32.2 Å². The molecule has 1 aliphatic heterocycles. The van der Waals surface area contributed by atoms with Gasteiger partial charge in [-0.2, -0.15) is 0 Å². The number of ether oxygens (including phenoxy) is 2. The lowest BCUT2D eigenvalue weighted by molar-refractivity contribution is -0.146. The minimum Gasteiger partial charge on any atom is -0.469 e. The summed E-state index contributed by atoms with van der Waals surface area (Å²) in [6.07, 6.45) is 3.34. The van der Waals surface area contributed by atoms with Gasteiger partial charge in [-0.3, -0.25) is 9.79 Å². The summed E-state index contributed by atoms with van der Waals surface area (Å²) in [4.78, 5) is 32.9. The highest BCUT2D eigenvalue weighted by Crippen LogP contribution is 2.28. The second kappa shape index (κ2) is 9.98. The SMILES string of the molecule is CCNC(=NCCN(C(=O)OC(C)(C)C)C1CC1)N1CCC(C(=O)OC)CC1. The molecule has 0 radical (unpaired) electrons. The van der Waals surface area contributed by atoms with E-state index in [4.69, 9.17) is 14.5 Å². The van der Waals surface area contributed by atoms with Crippen molar-refractivity contribution in [1.29, 1.82) is 0 Å². The molecule has 0 atom stereocenters. The Morgan fingerprint density at radius 1 is 1.18 bits per heavy atom. The zero-order chi connectivity index (χ0) is 20.7. The quantitative estimate of drug-likeness (QED) is 0.421. The summed E-state index contributed by atoms with van der Waals surface area (Å²) in [6, 6.07) is 0.281. The fourth-order valence-corrected chi connectivity index (χ4v) is 3.31. The minimum atomic E-state index is -0.494. The summed E-state index contributed by atoms with van der Waals surface area (Å²) >= 11 is 0. The molecule has 1 N–H and O–H groups in total. The maximum atomic E-state index is 12.5. The van der Waals surface area contributed by atoms with Crippen LogP contribution in [0.1, 0.15) is 53.4 Å². The van der Waals surface area contributed by atoms with Crippen LogP contribution < -0.4 is 5.32 Å². The minimum absolute atomic E-state index is 0.0262. The Morgan fingerprint density at radius 2 is 1.82 bits per heavy atom. The Labute approximate surface area is 168 Å². The molecule has 0 aromatic carbocycles. The Bertz CT molecular complexity index is 561. The van der Waals surface area contributed by atoms with Crippen LogP contribution in [0, 0.1) is 5.92 Å². The smallest absolute Gasteiger partial charge is 0.410 e. The van der Waals surface area contributed by atoms with E-state index in [0.717, 1.165) is 51.3 Å². The molecular weight excluding hydrogens is 360 g/mol. The highest BCUT2D eigenvalue weighted by atomic mass is 16.6. The first-order valence-corrected chi connectivity index (χ1v) is 10.4. The molecule has 0 aromatic rings. The van der Waals surface area contributed by atoms with Crippen molar-refractivity contribution in [3.63, 3.8) is 0 Å². The van der Waals surface area contributed by atoms with Crippen molar-refractivity contribution < 1.29 is 19.1 Å². The molecule has 2 rings (SSSR count). The first kappa shape index (κ1) is 22.3. The standard InChI is InChI=1S/C20H36N4O4/c1-6-21-18(23-12-9-15(10-13-23)17(25)27-5)22-11-14-24(16-7-8-16)19(26)28-20(2,3)4/h15-16H,6-14H2,1-5H3,(H,21,22). The first-order valence-electron chi connectivity index (χ1n) is 10.4. The third kappa shape index (κ3) is 6.87. The molecule has 8 heteroatoms. The van der Waals surface area contributed by atoms with E-state index in [9.17, 15) is 9.59 Å². The van der Waals surface area contributed by atoms with Gasteiger partial charge in [-0.05, 0) is 53.4 Å².